The van der Waals surface area contributed by atoms with Gasteiger partial charge in [0.25, 0.3) is 11.8 Å². The van der Waals surface area contributed by atoms with E-state index in [1.165, 1.54) is 31.2 Å². The van der Waals surface area contributed by atoms with Crippen molar-refractivity contribution < 1.29 is 18.8 Å². The van der Waals surface area contributed by atoms with Crippen LogP contribution in [0.5, 0.6) is 0 Å². The second kappa shape index (κ2) is 8.58. The SMILES string of the molecule is CC(=O)Nc1ccc(C(=O)NCCNC(=O)c2ccc(F)cc2)cc1. The summed E-state index contributed by atoms with van der Waals surface area (Å²) in [5, 5.41) is 7.92. The van der Waals surface area contributed by atoms with Crippen LogP contribution in [0.15, 0.2) is 48.5 Å². The lowest BCUT2D eigenvalue weighted by atomic mass is 10.2. The van der Waals surface area contributed by atoms with Gasteiger partial charge in [-0.25, -0.2) is 4.39 Å². The molecule has 0 atom stereocenters. The molecule has 2 aromatic carbocycles. The van der Waals surface area contributed by atoms with Gasteiger partial charge in [0.15, 0.2) is 0 Å². The molecule has 25 heavy (non-hydrogen) atoms. The first-order valence-electron chi connectivity index (χ1n) is 7.65. The average Bonchev–Trinajstić information content (AvgIpc) is 2.59. The molecule has 0 aromatic heterocycles. The van der Waals surface area contributed by atoms with Gasteiger partial charge in [0.05, 0.1) is 0 Å². The molecule has 0 aliphatic rings. The van der Waals surface area contributed by atoms with Crippen molar-refractivity contribution in [2.45, 2.75) is 6.92 Å². The van der Waals surface area contributed by atoms with Crippen LogP contribution >= 0.6 is 0 Å². The third kappa shape index (κ3) is 5.72. The van der Waals surface area contributed by atoms with Crippen molar-refractivity contribution in [1.82, 2.24) is 10.6 Å². The average molecular weight is 343 g/mol. The van der Waals surface area contributed by atoms with Crippen molar-refractivity contribution in [2.24, 2.45) is 0 Å². The van der Waals surface area contributed by atoms with Crippen molar-refractivity contribution in [3.63, 3.8) is 0 Å². The molecule has 0 saturated heterocycles. The van der Waals surface area contributed by atoms with E-state index in [1.807, 2.05) is 0 Å². The Hall–Kier alpha value is -3.22. The van der Waals surface area contributed by atoms with E-state index in [9.17, 15) is 18.8 Å². The molecule has 0 unspecified atom stereocenters. The van der Waals surface area contributed by atoms with Gasteiger partial charge in [0.1, 0.15) is 5.82 Å². The lowest BCUT2D eigenvalue weighted by Gasteiger charge is -2.08. The molecule has 0 bridgehead atoms. The zero-order valence-corrected chi connectivity index (χ0v) is 13.6. The van der Waals surface area contributed by atoms with Gasteiger partial charge < -0.3 is 16.0 Å². The third-order valence-electron chi connectivity index (χ3n) is 3.27. The summed E-state index contributed by atoms with van der Waals surface area (Å²) < 4.78 is 12.8. The first kappa shape index (κ1) is 18.1. The summed E-state index contributed by atoms with van der Waals surface area (Å²) in [6.07, 6.45) is 0. The number of rotatable bonds is 6. The van der Waals surface area contributed by atoms with Crippen LogP contribution in [-0.4, -0.2) is 30.8 Å². The van der Waals surface area contributed by atoms with Crippen molar-refractivity contribution in [3.8, 4) is 0 Å². The maximum atomic E-state index is 12.8. The predicted molar refractivity (Wildman–Crippen MR) is 91.8 cm³/mol. The number of halogens is 1. The molecule has 0 aliphatic carbocycles. The molecule has 0 radical (unpaired) electrons. The Labute approximate surface area is 144 Å². The van der Waals surface area contributed by atoms with Crippen LogP contribution in [0.25, 0.3) is 0 Å². The van der Waals surface area contributed by atoms with Gasteiger partial charge in [-0.3, -0.25) is 14.4 Å². The molecule has 130 valence electrons. The molecule has 0 heterocycles. The highest BCUT2D eigenvalue weighted by atomic mass is 19.1. The molecule has 0 spiro atoms. The lowest BCUT2D eigenvalue weighted by Crippen LogP contribution is -2.34. The number of carbonyl (C=O) groups excluding carboxylic acids is 3. The van der Waals surface area contributed by atoms with E-state index in [0.29, 0.717) is 16.8 Å². The van der Waals surface area contributed by atoms with E-state index in [-0.39, 0.29) is 30.8 Å². The molecule has 6 nitrogen and oxygen atoms in total. The Balaban J connectivity index is 1.75. The quantitative estimate of drug-likeness (QED) is 0.701. The fraction of sp³-hybridized carbons (Fsp3) is 0.167. The topological polar surface area (TPSA) is 87.3 Å². The van der Waals surface area contributed by atoms with E-state index in [0.717, 1.165) is 0 Å². The second-order valence-corrected chi connectivity index (χ2v) is 5.28. The Bertz CT molecular complexity index is 758. The molecular weight excluding hydrogens is 325 g/mol. The van der Waals surface area contributed by atoms with Crippen molar-refractivity contribution >= 4 is 23.4 Å². The van der Waals surface area contributed by atoms with Gasteiger partial charge in [0, 0.05) is 36.8 Å². The number of anilines is 1. The monoisotopic (exact) mass is 343 g/mol. The van der Waals surface area contributed by atoms with Crippen molar-refractivity contribution in [2.75, 3.05) is 18.4 Å². The summed E-state index contributed by atoms with van der Waals surface area (Å²) in [7, 11) is 0. The van der Waals surface area contributed by atoms with Gasteiger partial charge >= 0.3 is 0 Å². The standard InChI is InChI=1S/C18H18FN3O3/c1-12(23)22-16-8-4-14(5-9-16)18(25)21-11-10-20-17(24)13-2-6-15(19)7-3-13/h2-9H,10-11H2,1H3,(H,20,24)(H,21,25)(H,22,23). The number of amides is 3. The Morgan fingerprint density at radius 1 is 0.800 bits per heavy atom. The van der Waals surface area contributed by atoms with E-state index >= 15 is 0 Å². The smallest absolute Gasteiger partial charge is 0.251 e. The molecule has 2 rings (SSSR count). The van der Waals surface area contributed by atoms with Gasteiger partial charge in [-0.15, -0.1) is 0 Å². The Morgan fingerprint density at radius 3 is 1.68 bits per heavy atom. The fourth-order valence-electron chi connectivity index (χ4n) is 2.07. The first-order chi connectivity index (χ1) is 12.0. The zero-order valence-electron chi connectivity index (χ0n) is 13.6. The van der Waals surface area contributed by atoms with Gasteiger partial charge in [0.2, 0.25) is 5.91 Å². The summed E-state index contributed by atoms with van der Waals surface area (Å²) in [6, 6.07) is 11.6. The normalized spacial score (nSPS) is 10.0. The minimum atomic E-state index is -0.409. The van der Waals surface area contributed by atoms with Crippen LogP contribution in [0.2, 0.25) is 0 Å². The minimum absolute atomic E-state index is 0.186. The van der Waals surface area contributed by atoms with Crippen LogP contribution in [0.4, 0.5) is 10.1 Å². The van der Waals surface area contributed by atoms with Gasteiger partial charge in [-0.2, -0.15) is 0 Å². The predicted octanol–water partition coefficient (Wildman–Crippen LogP) is 1.94. The zero-order chi connectivity index (χ0) is 18.2. The maximum Gasteiger partial charge on any atom is 0.251 e. The highest BCUT2D eigenvalue weighted by molar-refractivity contribution is 5.96. The molecule has 3 amide bonds. The summed E-state index contributed by atoms with van der Waals surface area (Å²) in [6.45, 7) is 1.89. The van der Waals surface area contributed by atoms with E-state index in [1.54, 1.807) is 24.3 Å². The van der Waals surface area contributed by atoms with Gasteiger partial charge in [-0.1, -0.05) is 0 Å². The van der Waals surface area contributed by atoms with Gasteiger partial charge in [-0.05, 0) is 48.5 Å². The molecular formula is C18H18FN3O3. The van der Waals surface area contributed by atoms with Crippen LogP contribution < -0.4 is 16.0 Å². The fourth-order valence-corrected chi connectivity index (χ4v) is 2.07. The first-order valence-corrected chi connectivity index (χ1v) is 7.65. The Kier molecular flexibility index (Phi) is 6.22. The van der Waals surface area contributed by atoms with Crippen molar-refractivity contribution in [1.29, 1.82) is 0 Å². The van der Waals surface area contributed by atoms with Crippen LogP contribution in [0, 0.1) is 5.82 Å². The molecule has 7 heteroatoms. The highest BCUT2D eigenvalue weighted by Gasteiger charge is 2.07. The molecule has 0 saturated carbocycles. The van der Waals surface area contributed by atoms with E-state index in [2.05, 4.69) is 16.0 Å². The molecule has 2 aromatic rings. The number of hydrogen-bond acceptors (Lipinski definition) is 3. The van der Waals surface area contributed by atoms with Crippen LogP contribution in [0.3, 0.4) is 0 Å². The van der Waals surface area contributed by atoms with Crippen molar-refractivity contribution in [3.05, 3.63) is 65.5 Å². The third-order valence-corrected chi connectivity index (χ3v) is 3.27. The highest BCUT2D eigenvalue weighted by Crippen LogP contribution is 2.09. The minimum Gasteiger partial charge on any atom is -0.350 e. The summed E-state index contributed by atoms with van der Waals surface area (Å²) in [5.74, 6) is -1.22. The van der Waals surface area contributed by atoms with E-state index < -0.39 is 5.82 Å². The summed E-state index contributed by atoms with van der Waals surface area (Å²) >= 11 is 0. The molecule has 0 aliphatic heterocycles. The molecule has 3 N–H and O–H groups in total. The Morgan fingerprint density at radius 2 is 1.24 bits per heavy atom. The number of hydrogen-bond donors (Lipinski definition) is 3. The number of benzene rings is 2. The molecule has 0 fully saturated rings. The second-order valence-electron chi connectivity index (χ2n) is 5.28. The largest absolute Gasteiger partial charge is 0.350 e. The number of carbonyl (C=O) groups is 3. The summed E-state index contributed by atoms with van der Waals surface area (Å²) in [5.41, 5.74) is 1.40. The van der Waals surface area contributed by atoms with E-state index in [4.69, 9.17) is 0 Å². The number of nitrogens with one attached hydrogen (secondary N) is 3. The summed E-state index contributed by atoms with van der Waals surface area (Å²) in [4.78, 5) is 34.7. The van der Waals surface area contributed by atoms with Crippen LogP contribution in [-0.2, 0) is 4.79 Å². The van der Waals surface area contributed by atoms with Crippen LogP contribution in [0.1, 0.15) is 27.6 Å². The lowest BCUT2D eigenvalue weighted by molar-refractivity contribution is -0.114. The maximum absolute atomic E-state index is 12.8.